The fraction of sp³-hybridized carbons (Fsp3) is 0.500. The lowest BCUT2D eigenvalue weighted by atomic mass is 10.1. The summed E-state index contributed by atoms with van der Waals surface area (Å²) in [5.74, 6) is 0.00352. The van der Waals surface area contributed by atoms with Gasteiger partial charge in [0.2, 0.25) is 5.91 Å². The second-order valence-corrected chi connectivity index (χ2v) is 4.67. The molecule has 3 nitrogen and oxygen atoms in total. The van der Waals surface area contributed by atoms with Gasteiger partial charge in [-0.1, -0.05) is 12.1 Å². The first-order chi connectivity index (χ1) is 8.70. The second kappa shape index (κ2) is 5.96. The van der Waals surface area contributed by atoms with Gasteiger partial charge in [-0.25, -0.2) is 4.39 Å². The zero-order valence-corrected chi connectivity index (χ0v) is 10.7. The zero-order valence-electron chi connectivity index (χ0n) is 10.7. The molecule has 0 bridgehead atoms. The molecular formula is C14H19FN2O. The summed E-state index contributed by atoms with van der Waals surface area (Å²) < 4.78 is 13.1. The Hall–Kier alpha value is -1.42. The topological polar surface area (TPSA) is 32.3 Å². The summed E-state index contributed by atoms with van der Waals surface area (Å²) in [6.45, 7) is 4.78. The molecule has 2 rings (SSSR count). The van der Waals surface area contributed by atoms with Gasteiger partial charge in [0, 0.05) is 19.6 Å². The third kappa shape index (κ3) is 3.07. The quantitative estimate of drug-likeness (QED) is 0.883. The number of nitrogens with one attached hydrogen (secondary N) is 1. The van der Waals surface area contributed by atoms with Crippen LogP contribution in [0.2, 0.25) is 0 Å². The molecule has 1 saturated heterocycles. The van der Waals surface area contributed by atoms with Crippen molar-refractivity contribution in [2.45, 2.75) is 19.9 Å². The van der Waals surface area contributed by atoms with Crippen LogP contribution in [0.25, 0.3) is 0 Å². The largest absolute Gasteiger partial charge is 0.338 e. The first kappa shape index (κ1) is 13.0. The Morgan fingerprint density at radius 3 is 3.00 bits per heavy atom. The van der Waals surface area contributed by atoms with Gasteiger partial charge in [-0.2, -0.15) is 0 Å². The number of carbonyl (C=O) groups is 1. The number of hydrogen-bond donors (Lipinski definition) is 1. The lowest BCUT2D eigenvalue weighted by Crippen LogP contribution is -2.36. The molecule has 0 aliphatic carbocycles. The summed E-state index contributed by atoms with van der Waals surface area (Å²) in [4.78, 5) is 14.1. The molecule has 0 radical (unpaired) electrons. The summed E-state index contributed by atoms with van der Waals surface area (Å²) in [5, 5.41) is 3.20. The van der Waals surface area contributed by atoms with Gasteiger partial charge in [0.15, 0.2) is 0 Å². The zero-order chi connectivity index (χ0) is 13.0. The van der Waals surface area contributed by atoms with E-state index in [4.69, 9.17) is 0 Å². The summed E-state index contributed by atoms with van der Waals surface area (Å²) in [6, 6.07) is 6.44. The highest BCUT2D eigenvalue weighted by atomic mass is 19.1. The van der Waals surface area contributed by atoms with E-state index in [0.29, 0.717) is 13.1 Å². The van der Waals surface area contributed by atoms with Crippen molar-refractivity contribution in [1.29, 1.82) is 0 Å². The molecule has 1 aromatic carbocycles. The molecular weight excluding hydrogens is 231 g/mol. The van der Waals surface area contributed by atoms with Crippen LogP contribution in [-0.2, 0) is 11.3 Å². The summed E-state index contributed by atoms with van der Waals surface area (Å²) in [7, 11) is 0. The van der Waals surface area contributed by atoms with Crippen molar-refractivity contribution in [1.82, 2.24) is 10.2 Å². The summed E-state index contributed by atoms with van der Waals surface area (Å²) in [6.07, 6.45) is 0.901. The average Bonchev–Trinajstić information content (AvgIpc) is 2.89. The van der Waals surface area contributed by atoms with Crippen molar-refractivity contribution >= 4 is 5.91 Å². The van der Waals surface area contributed by atoms with Gasteiger partial charge in [0.25, 0.3) is 0 Å². The SMILES string of the molecule is CCN(Cc1cccc(F)c1)C(=O)C1CCNC1. The van der Waals surface area contributed by atoms with Crippen LogP contribution in [-0.4, -0.2) is 30.4 Å². The van der Waals surface area contributed by atoms with E-state index in [0.717, 1.165) is 25.1 Å². The van der Waals surface area contributed by atoms with Gasteiger partial charge in [0.05, 0.1) is 5.92 Å². The average molecular weight is 250 g/mol. The number of nitrogens with zero attached hydrogens (tertiary/aromatic N) is 1. The van der Waals surface area contributed by atoms with Crippen LogP contribution in [0.1, 0.15) is 18.9 Å². The minimum Gasteiger partial charge on any atom is -0.338 e. The minimum absolute atomic E-state index is 0.0820. The standard InChI is InChI=1S/C14H19FN2O/c1-2-17(14(18)12-6-7-16-9-12)10-11-4-3-5-13(15)8-11/h3-5,8,12,16H,2,6-7,9-10H2,1H3. The van der Waals surface area contributed by atoms with Crippen molar-refractivity contribution in [3.05, 3.63) is 35.6 Å². The minimum atomic E-state index is -0.251. The highest BCUT2D eigenvalue weighted by Gasteiger charge is 2.26. The molecule has 1 atom stereocenters. The van der Waals surface area contributed by atoms with E-state index in [-0.39, 0.29) is 17.6 Å². The molecule has 4 heteroatoms. The highest BCUT2D eigenvalue weighted by molar-refractivity contribution is 5.79. The maximum Gasteiger partial charge on any atom is 0.227 e. The smallest absolute Gasteiger partial charge is 0.227 e. The number of benzene rings is 1. The molecule has 1 fully saturated rings. The third-order valence-electron chi connectivity index (χ3n) is 3.37. The molecule has 1 unspecified atom stereocenters. The molecule has 1 heterocycles. The number of rotatable bonds is 4. The van der Waals surface area contributed by atoms with Crippen molar-refractivity contribution in [3.63, 3.8) is 0 Å². The number of carbonyl (C=O) groups excluding carboxylic acids is 1. The van der Waals surface area contributed by atoms with Gasteiger partial charge in [-0.3, -0.25) is 4.79 Å². The normalized spacial score (nSPS) is 18.9. The van der Waals surface area contributed by atoms with Crippen molar-refractivity contribution in [2.24, 2.45) is 5.92 Å². The van der Waals surface area contributed by atoms with Crippen LogP contribution in [0.4, 0.5) is 4.39 Å². The number of hydrogen-bond acceptors (Lipinski definition) is 2. The van der Waals surface area contributed by atoms with E-state index in [1.54, 1.807) is 11.0 Å². The molecule has 1 aromatic rings. The van der Waals surface area contributed by atoms with E-state index in [2.05, 4.69) is 5.32 Å². The van der Waals surface area contributed by atoms with Crippen molar-refractivity contribution in [3.8, 4) is 0 Å². The van der Waals surface area contributed by atoms with Crippen LogP contribution < -0.4 is 5.32 Å². The fourth-order valence-corrected chi connectivity index (χ4v) is 2.32. The van der Waals surface area contributed by atoms with Crippen molar-refractivity contribution < 1.29 is 9.18 Å². The monoisotopic (exact) mass is 250 g/mol. The molecule has 1 amide bonds. The summed E-state index contributed by atoms with van der Waals surface area (Å²) in [5.41, 5.74) is 0.844. The van der Waals surface area contributed by atoms with E-state index >= 15 is 0 Å². The maximum absolute atomic E-state index is 13.1. The Kier molecular flexibility index (Phi) is 4.31. The molecule has 0 saturated carbocycles. The van der Waals surface area contributed by atoms with Crippen LogP contribution in [0.15, 0.2) is 24.3 Å². The van der Waals surface area contributed by atoms with Gasteiger partial charge in [-0.15, -0.1) is 0 Å². The molecule has 18 heavy (non-hydrogen) atoms. The molecule has 0 aromatic heterocycles. The Morgan fingerprint density at radius 1 is 1.56 bits per heavy atom. The van der Waals surface area contributed by atoms with Crippen molar-refractivity contribution in [2.75, 3.05) is 19.6 Å². The highest BCUT2D eigenvalue weighted by Crippen LogP contribution is 2.14. The molecule has 1 aliphatic rings. The predicted molar refractivity (Wildman–Crippen MR) is 68.5 cm³/mol. The van der Waals surface area contributed by atoms with Crippen LogP contribution in [0.5, 0.6) is 0 Å². The molecule has 98 valence electrons. The van der Waals surface area contributed by atoms with Crippen LogP contribution >= 0.6 is 0 Å². The van der Waals surface area contributed by atoms with E-state index in [1.165, 1.54) is 12.1 Å². The van der Waals surface area contributed by atoms with Gasteiger partial charge in [0.1, 0.15) is 5.82 Å². The maximum atomic E-state index is 13.1. The third-order valence-corrected chi connectivity index (χ3v) is 3.37. The number of amides is 1. The van der Waals surface area contributed by atoms with Gasteiger partial charge >= 0.3 is 0 Å². The van der Waals surface area contributed by atoms with E-state index < -0.39 is 0 Å². The Bertz CT molecular complexity index is 416. The van der Waals surface area contributed by atoms with Gasteiger partial charge < -0.3 is 10.2 Å². The number of halogens is 1. The Morgan fingerprint density at radius 2 is 2.39 bits per heavy atom. The fourth-order valence-electron chi connectivity index (χ4n) is 2.32. The van der Waals surface area contributed by atoms with E-state index in [1.807, 2.05) is 13.0 Å². The van der Waals surface area contributed by atoms with Gasteiger partial charge in [-0.05, 0) is 37.6 Å². The summed E-state index contributed by atoms with van der Waals surface area (Å²) >= 11 is 0. The van der Waals surface area contributed by atoms with E-state index in [9.17, 15) is 9.18 Å². The second-order valence-electron chi connectivity index (χ2n) is 4.67. The molecule has 1 N–H and O–H groups in total. The van der Waals surface area contributed by atoms with Crippen LogP contribution in [0, 0.1) is 11.7 Å². The first-order valence-electron chi connectivity index (χ1n) is 6.44. The molecule has 1 aliphatic heterocycles. The first-order valence-corrected chi connectivity index (χ1v) is 6.44. The predicted octanol–water partition coefficient (Wildman–Crippen LogP) is 1.78. The Balaban J connectivity index is 2.02. The molecule has 0 spiro atoms. The lowest BCUT2D eigenvalue weighted by Gasteiger charge is -2.24. The Labute approximate surface area is 107 Å². The van der Waals surface area contributed by atoms with Crippen LogP contribution in [0.3, 0.4) is 0 Å². The lowest BCUT2D eigenvalue weighted by molar-refractivity contribution is -0.135.